The first-order valence-corrected chi connectivity index (χ1v) is 26.0. The number of aliphatic hydroxyl groups excluding tert-OH is 2. The van der Waals surface area contributed by atoms with E-state index >= 15 is 0 Å². The Labute approximate surface area is 376 Å². The van der Waals surface area contributed by atoms with Gasteiger partial charge in [-0.25, -0.2) is 0 Å². The number of anilines is 4. The predicted molar refractivity (Wildman–Crippen MR) is 268 cm³/mol. The van der Waals surface area contributed by atoms with Gasteiger partial charge in [0.05, 0.1) is 12.2 Å². The van der Waals surface area contributed by atoms with Crippen LogP contribution in [0.5, 0.6) is 0 Å². The average Bonchev–Trinajstić information content (AvgIpc) is 3.29. The first-order valence-electron chi connectivity index (χ1n) is 26.0. The van der Waals surface area contributed by atoms with Crippen LogP contribution in [0.2, 0.25) is 0 Å². The number of hydrogen-bond donors (Lipinski definition) is 6. The Balaban J connectivity index is 1.02. The van der Waals surface area contributed by atoms with Crippen molar-refractivity contribution in [3.63, 3.8) is 0 Å². The summed E-state index contributed by atoms with van der Waals surface area (Å²) in [6.45, 7) is 9.15. The van der Waals surface area contributed by atoms with Crippen molar-refractivity contribution >= 4 is 44.3 Å². The van der Waals surface area contributed by atoms with Gasteiger partial charge in [0.15, 0.2) is 0 Å². The van der Waals surface area contributed by atoms with Gasteiger partial charge in [-0.3, -0.25) is 0 Å². The van der Waals surface area contributed by atoms with Crippen molar-refractivity contribution in [1.82, 2.24) is 0 Å². The lowest BCUT2D eigenvalue weighted by Gasteiger charge is -2.50. The summed E-state index contributed by atoms with van der Waals surface area (Å²) in [7, 11) is 0. The molecule has 2 aliphatic heterocycles. The van der Waals surface area contributed by atoms with Gasteiger partial charge in [-0.05, 0) is 72.6 Å². The van der Waals surface area contributed by atoms with Gasteiger partial charge < -0.3 is 31.5 Å². The van der Waals surface area contributed by atoms with E-state index in [-0.39, 0.29) is 23.2 Å². The minimum Gasteiger partial charge on any atom is -0.392 e. The standard InChI is InChI=1S/C56H84N4O2/c1-5-9-11-13-15-17-19-21-23-25-27-39-55(7-3)57-45-33-29-31-41-35-37-43(51(59-55)47(41)45)49-53(61)50(54(49)62)44-38-36-42-32-30-34-46-48(42)52(44)60-56(8-4,58-46)40-28-26-24-22-20-18-16-14-12-10-6-2/h29-38,49-50,53-54,57-62H,5-28,39-40H2,1-4H3. The fraction of sp³-hybridized carbons (Fsp3) is 0.643. The molecule has 6 N–H and O–H groups in total. The number of aliphatic hydroxyl groups is 2. The lowest BCUT2D eigenvalue weighted by atomic mass is 9.62. The molecule has 0 bridgehead atoms. The fourth-order valence-corrected chi connectivity index (χ4v) is 11.5. The third kappa shape index (κ3) is 10.5. The number of rotatable bonds is 28. The third-order valence-corrected chi connectivity index (χ3v) is 15.4. The third-order valence-electron chi connectivity index (χ3n) is 15.4. The molecule has 2 atom stereocenters. The smallest absolute Gasteiger partial charge is 0.107 e. The second-order valence-electron chi connectivity index (χ2n) is 19.8. The first kappa shape index (κ1) is 46.5. The first-order chi connectivity index (χ1) is 30.4. The van der Waals surface area contributed by atoms with Crippen LogP contribution in [0.4, 0.5) is 22.7 Å². The van der Waals surface area contributed by atoms with E-state index in [1.54, 1.807) is 0 Å². The molecule has 2 heterocycles. The minimum atomic E-state index is -0.717. The molecule has 0 radical (unpaired) electrons. The van der Waals surface area contributed by atoms with Crippen LogP contribution in [0, 0.1) is 0 Å². The Morgan fingerprint density at radius 1 is 0.403 bits per heavy atom. The van der Waals surface area contributed by atoms with Gasteiger partial charge in [-0.1, -0.05) is 205 Å². The maximum Gasteiger partial charge on any atom is 0.107 e. The van der Waals surface area contributed by atoms with Gasteiger partial charge >= 0.3 is 0 Å². The summed E-state index contributed by atoms with van der Waals surface area (Å²) >= 11 is 0. The molecule has 4 aromatic carbocycles. The number of benzene rings is 4. The van der Waals surface area contributed by atoms with Crippen LogP contribution in [0.25, 0.3) is 21.5 Å². The van der Waals surface area contributed by atoms with Crippen LogP contribution in [0.1, 0.15) is 218 Å². The van der Waals surface area contributed by atoms with E-state index in [1.165, 1.54) is 163 Å². The van der Waals surface area contributed by atoms with Crippen molar-refractivity contribution in [3.8, 4) is 0 Å². The summed E-state index contributed by atoms with van der Waals surface area (Å²) in [6.07, 6.45) is 31.9. The van der Waals surface area contributed by atoms with E-state index in [9.17, 15) is 10.2 Å². The van der Waals surface area contributed by atoms with Gasteiger partial charge in [0.25, 0.3) is 0 Å². The van der Waals surface area contributed by atoms with E-state index in [4.69, 9.17) is 0 Å². The van der Waals surface area contributed by atoms with Crippen LogP contribution in [-0.4, -0.2) is 33.7 Å². The zero-order valence-corrected chi connectivity index (χ0v) is 39.4. The molecule has 4 aromatic rings. The largest absolute Gasteiger partial charge is 0.392 e. The Morgan fingerprint density at radius 2 is 0.742 bits per heavy atom. The molecule has 2 unspecified atom stereocenters. The molecule has 62 heavy (non-hydrogen) atoms. The van der Waals surface area contributed by atoms with Crippen molar-refractivity contribution in [2.24, 2.45) is 0 Å². The van der Waals surface area contributed by atoms with Crippen LogP contribution >= 0.6 is 0 Å². The van der Waals surface area contributed by atoms with E-state index in [0.29, 0.717) is 0 Å². The van der Waals surface area contributed by atoms with Crippen LogP contribution < -0.4 is 21.3 Å². The predicted octanol–water partition coefficient (Wildman–Crippen LogP) is 15.9. The zero-order chi connectivity index (χ0) is 43.4. The average molecular weight is 845 g/mol. The normalized spacial score (nSPS) is 23.7. The summed E-state index contributed by atoms with van der Waals surface area (Å²) in [5.41, 5.74) is 5.99. The number of hydrogen-bond acceptors (Lipinski definition) is 6. The molecular formula is C56H84N4O2. The minimum absolute atomic E-state index is 0.275. The zero-order valence-electron chi connectivity index (χ0n) is 39.4. The molecular weight excluding hydrogens is 761 g/mol. The van der Waals surface area contributed by atoms with E-state index in [1.807, 2.05) is 0 Å². The molecule has 340 valence electrons. The highest BCUT2D eigenvalue weighted by molar-refractivity contribution is 6.08. The molecule has 1 saturated carbocycles. The molecule has 0 amide bonds. The molecule has 0 aromatic heterocycles. The number of nitrogens with one attached hydrogen (secondary N) is 4. The summed E-state index contributed by atoms with van der Waals surface area (Å²) in [5.74, 6) is -0.775. The quantitative estimate of drug-likeness (QED) is 0.0319. The van der Waals surface area contributed by atoms with E-state index < -0.39 is 12.2 Å². The SMILES string of the molecule is CCCCCCCCCCCCCC1(CC)Nc2cccc3ccc(C4C(O)C(c5ccc6cccc7c6c5NC(CC)(CCCCCCCCCCCCC)N7)C4O)c(c23)N1. The molecule has 7 rings (SSSR count). The Bertz CT molecular complexity index is 1860. The van der Waals surface area contributed by atoms with Crippen LogP contribution in [-0.2, 0) is 0 Å². The van der Waals surface area contributed by atoms with Crippen molar-refractivity contribution in [1.29, 1.82) is 0 Å². The number of unbranched alkanes of at least 4 members (excludes halogenated alkanes) is 20. The molecule has 0 saturated heterocycles. The summed E-state index contributed by atoms with van der Waals surface area (Å²) in [6, 6.07) is 21.8. The topological polar surface area (TPSA) is 88.6 Å². The lowest BCUT2D eigenvalue weighted by molar-refractivity contribution is -0.0780. The summed E-state index contributed by atoms with van der Waals surface area (Å²) < 4.78 is 0. The van der Waals surface area contributed by atoms with Crippen molar-refractivity contribution in [2.75, 3.05) is 21.3 Å². The molecule has 0 spiro atoms. The summed E-state index contributed by atoms with van der Waals surface area (Å²) in [5, 5.41) is 45.4. The van der Waals surface area contributed by atoms with E-state index in [0.717, 1.165) is 59.6 Å². The second kappa shape index (κ2) is 22.4. The highest BCUT2D eigenvalue weighted by Crippen LogP contribution is 2.56. The lowest BCUT2D eigenvalue weighted by Crippen LogP contribution is -2.54. The van der Waals surface area contributed by atoms with Crippen molar-refractivity contribution in [2.45, 2.75) is 230 Å². The fourth-order valence-electron chi connectivity index (χ4n) is 11.5. The Morgan fingerprint density at radius 3 is 1.08 bits per heavy atom. The maximum absolute atomic E-state index is 12.4. The molecule has 1 aliphatic carbocycles. The highest BCUT2D eigenvalue weighted by Gasteiger charge is 2.53. The van der Waals surface area contributed by atoms with Gasteiger partial charge in [0.1, 0.15) is 11.3 Å². The Hall–Kier alpha value is -3.48. The molecule has 6 nitrogen and oxygen atoms in total. The molecule has 1 fully saturated rings. The van der Waals surface area contributed by atoms with E-state index in [2.05, 4.69) is 110 Å². The van der Waals surface area contributed by atoms with Crippen LogP contribution in [0.15, 0.2) is 60.7 Å². The van der Waals surface area contributed by atoms with Gasteiger partial charge in [-0.2, -0.15) is 0 Å². The van der Waals surface area contributed by atoms with Crippen molar-refractivity contribution < 1.29 is 10.2 Å². The monoisotopic (exact) mass is 845 g/mol. The van der Waals surface area contributed by atoms with Gasteiger partial charge in [-0.15, -0.1) is 0 Å². The maximum atomic E-state index is 12.4. The Kier molecular flexibility index (Phi) is 16.8. The molecule has 6 heteroatoms. The second-order valence-corrected chi connectivity index (χ2v) is 19.8. The summed E-state index contributed by atoms with van der Waals surface area (Å²) in [4.78, 5) is 0. The van der Waals surface area contributed by atoms with Crippen LogP contribution in [0.3, 0.4) is 0 Å². The molecule has 3 aliphatic rings. The highest BCUT2D eigenvalue weighted by atomic mass is 16.3. The van der Waals surface area contributed by atoms with Gasteiger partial charge in [0, 0.05) is 45.4 Å². The van der Waals surface area contributed by atoms with Crippen molar-refractivity contribution in [3.05, 3.63) is 71.8 Å². The van der Waals surface area contributed by atoms with Gasteiger partial charge in [0.2, 0.25) is 0 Å².